The molecule has 1 fully saturated rings. The summed E-state index contributed by atoms with van der Waals surface area (Å²) in [6, 6.07) is 18.5. The molecule has 1 aromatic heterocycles. The summed E-state index contributed by atoms with van der Waals surface area (Å²) < 4.78 is 0. The molecule has 1 aliphatic rings. The molecule has 0 saturated heterocycles. The zero-order chi connectivity index (χ0) is 19.3. The van der Waals surface area contributed by atoms with E-state index < -0.39 is 0 Å². The van der Waals surface area contributed by atoms with Crippen LogP contribution in [0.4, 0.5) is 11.4 Å². The highest BCUT2D eigenvalue weighted by Crippen LogP contribution is 2.27. The first kappa shape index (κ1) is 18.5. The third-order valence-electron chi connectivity index (χ3n) is 5.67. The smallest absolute Gasteiger partial charge is 0.255 e. The number of benzene rings is 2. The Morgan fingerprint density at radius 1 is 1.07 bits per heavy atom. The molecule has 4 rings (SSSR count). The second-order valence-corrected chi connectivity index (χ2v) is 7.50. The number of anilines is 2. The Morgan fingerprint density at radius 3 is 2.57 bits per heavy atom. The number of fused-ring (bicyclic) bond motifs is 1. The molecule has 0 unspecified atom stereocenters. The number of hydrogen-bond acceptors (Lipinski definition) is 3. The van der Waals surface area contributed by atoms with E-state index in [2.05, 4.69) is 34.3 Å². The van der Waals surface area contributed by atoms with Crippen molar-refractivity contribution in [3.8, 4) is 0 Å². The van der Waals surface area contributed by atoms with Gasteiger partial charge in [-0.2, -0.15) is 0 Å². The quantitative estimate of drug-likeness (QED) is 0.629. The van der Waals surface area contributed by atoms with Crippen molar-refractivity contribution < 1.29 is 4.79 Å². The molecule has 4 nitrogen and oxygen atoms in total. The Morgan fingerprint density at radius 2 is 1.82 bits per heavy atom. The van der Waals surface area contributed by atoms with Crippen molar-refractivity contribution in [3.05, 3.63) is 66.4 Å². The molecule has 1 N–H and O–H groups in total. The van der Waals surface area contributed by atoms with Gasteiger partial charge in [-0.05, 0) is 56.2 Å². The van der Waals surface area contributed by atoms with Crippen LogP contribution in [0.25, 0.3) is 10.9 Å². The van der Waals surface area contributed by atoms with Gasteiger partial charge in [0.05, 0.1) is 17.4 Å². The van der Waals surface area contributed by atoms with E-state index in [1.165, 1.54) is 37.8 Å². The molecule has 28 heavy (non-hydrogen) atoms. The van der Waals surface area contributed by atoms with Crippen LogP contribution >= 0.6 is 0 Å². The first-order chi connectivity index (χ1) is 13.7. The summed E-state index contributed by atoms with van der Waals surface area (Å²) >= 11 is 0. The van der Waals surface area contributed by atoms with Crippen molar-refractivity contribution in [2.24, 2.45) is 0 Å². The summed E-state index contributed by atoms with van der Waals surface area (Å²) in [6.45, 7) is 3.21. The zero-order valence-corrected chi connectivity index (χ0v) is 16.4. The van der Waals surface area contributed by atoms with E-state index in [-0.39, 0.29) is 5.91 Å². The van der Waals surface area contributed by atoms with E-state index in [9.17, 15) is 4.79 Å². The average Bonchev–Trinajstić information content (AvgIpc) is 2.75. The van der Waals surface area contributed by atoms with Gasteiger partial charge in [0.2, 0.25) is 0 Å². The lowest BCUT2D eigenvalue weighted by Crippen LogP contribution is -2.36. The van der Waals surface area contributed by atoms with E-state index in [4.69, 9.17) is 0 Å². The van der Waals surface area contributed by atoms with Crippen LogP contribution in [0.1, 0.15) is 49.4 Å². The Balaban J connectivity index is 1.47. The predicted octanol–water partition coefficient (Wildman–Crippen LogP) is 5.65. The van der Waals surface area contributed by atoms with Crippen LogP contribution < -0.4 is 10.2 Å². The van der Waals surface area contributed by atoms with E-state index in [0.29, 0.717) is 17.3 Å². The lowest BCUT2D eigenvalue weighted by atomic mass is 9.93. The van der Waals surface area contributed by atoms with Gasteiger partial charge in [0.25, 0.3) is 5.91 Å². The molecule has 1 saturated carbocycles. The van der Waals surface area contributed by atoms with Crippen molar-refractivity contribution in [2.75, 3.05) is 16.8 Å². The number of rotatable bonds is 5. The van der Waals surface area contributed by atoms with E-state index in [0.717, 1.165) is 17.4 Å². The lowest BCUT2D eigenvalue weighted by molar-refractivity contribution is 0.102. The Labute approximate surface area is 166 Å². The number of aromatic nitrogens is 1. The first-order valence-electron chi connectivity index (χ1n) is 10.3. The van der Waals surface area contributed by atoms with Gasteiger partial charge in [-0.1, -0.05) is 37.5 Å². The molecular weight excluding hydrogens is 346 g/mol. The molecule has 4 heteroatoms. The summed E-state index contributed by atoms with van der Waals surface area (Å²) in [6.07, 6.45) is 8.24. The number of carbonyl (C=O) groups excluding carboxylic acids is 1. The largest absolute Gasteiger partial charge is 0.369 e. The number of nitrogens with zero attached hydrogens (tertiary/aromatic N) is 2. The van der Waals surface area contributed by atoms with Crippen LogP contribution in [-0.4, -0.2) is 23.5 Å². The minimum Gasteiger partial charge on any atom is -0.369 e. The molecule has 0 aliphatic heterocycles. The lowest BCUT2D eigenvalue weighted by Gasteiger charge is -2.35. The minimum atomic E-state index is -0.107. The molecule has 3 aromatic rings. The predicted molar refractivity (Wildman–Crippen MR) is 116 cm³/mol. The number of nitrogens with one attached hydrogen (secondary N) is 1. The molecule has 1 heterocycles. The van der Waals surface area contributed by atoms with Gasteiger partial charge in [-0.15, -0.1) is 0 Å². The number of para-hydroxylation sites is 1. The molecule has 0 atom stereocenters. The number of hydrogen-bond donors (Lipinski definition) is 1. The van der Waals surface area contributed by atoms with Crippen molar-refractivity contribution in [1.29, 1.82) is 0 Å². The number of amides is 1. The average molecular weight is 374 g/mol. The normalized spacial score (nSPS) is 14.8. The Hall–Kier alpha value is -2.88. The Bertz CT molecular complexity index is 945. The van der Waals surface area contributed by atoms with Gasteiger partial charge >= 0.3 is 0 Å². The highest BCUT2D eigenvalue weighted by atomic mass is 16.1. The molecule has 1 amide bonds. The monoisotopic (exact) mass is 373 g/mol. The topological polar surface area (TPSA) is 45.2 Å². The third kappa shape index (κ3) is 4.01. The van der Waals surface area contributed by atoms with Gasteiger partial charge in [-0.3, -0.25) is 9.78 Å². The van der Waals surface area contributed by atoms with Gasteiger partial charge in [-0.25, -0.2) is 0 Å². The highest BCUT2D eigenvalue weighted by molar-refractivity contribution is 6.05. The number of carbonyl (C=O) groups is 1. The van der Waals surface area contributed by atoms with Gasteiger partial charge in [0.1, 0.15) is 0 Å². The molecule has 0 spiro atoms. The fraction of sp³-hybridized carbons (Fsp3) is 0.333. The summed E-state index contributed by atoms with van der Waals surface area (Å²) in [7, 11) is 0. The van der Waals surface area contributed by atoms with Crippen LogP contribution in [0.3, 0.4) is 0 Å². The van der Waals surface area contributed by atoms with Gasteiger partial charge < -0.3 is 10.2 Å². The second-order valence-electron chi connectivity index (χ2n) is 7.50. The molecule has 2 aromatic carbocycles. The van der Waals surface area contributed by atoms with Crippen LogP contribution in [0.2, 0.25) is 0 Å². The second kappa shape index (κ2) is 8.42. The first-order valence-corrected chi connectivity index (χ1v) is 10.3. The van der Waals surface area contributed by atoms with Crippen LogP contribution in [0.5, 0.6) is 0 Å². The Kier molecular flexibility index (Phi) is 5.56. The fourth-order valence-electron chi connectivity index (χ4n) is 4.19. The molecule has 1 aliphatic carbocycles. The maximum absolute atomic E-state index is 12.7. The van der Waals surface area contributed by atoms with E-state index >= 15 is 0 Å². The molecule has 0 radical (unpaired) electrons. The maximum Gasteiger partial charge on any atom is 0.255 e. The number of pyridine rings is 1. The van der Waals surface area contributed by atoms with Crippen molar-refractivity contribution in [3.63, 3.8) is 0 Å². The summed E-state index contributed by atoms with van der Waals surface area (Å²) in [4.78, 5) is 19.5. The zero-order valence-electron chi connectivity index (χ0n) is 16.4. The summed E-state index contributed by atoms with van der Waals surface area (Å²) in [5.41, 5.74) is 3.51. The standard InChI is InChI=1S/C24H27N3O/c1-2-27(21-9-4-3-5-10-21)22-14-12-18(13-15-22)24(28)26-20-16-19-8-6-7-11-23(19)25-17-20/h6-8,11-17,21H,2-5,9-10H2,1H3,(H,26,28). The van der Waals surface area contributed by atoms with E-state index in [1.54, 1.807) is 6.20 Å². The minimum absolute atomic E-state index is 0.107. The molecular formula is C24H27N3O. The molecule has 0 bridgehead atoms. The van der Waals surface area contributed by atoms with E-state index in [1.807, 2.05) is 42.5 Å². The van der Waals surface area contributed by atoms with Crippen molar-refractivity contribution in [2.45, 2.75) is 45.1 Å². The highest BCUT2D eigenvalue weighted by Gasteiger charge is 2.20. The summed E-state index contributed by atoms with van der Waals surface area (Å²) in [5.74, 6) is -0.107. The SMILES string of the molecule is CCN(c1ccc(C(=O)Nc2cnc3ccccc3c2)cc1)C1CCCCC1. The van der Waals surface area contributed by atoms with Crippen molar-refractivity contribution >= 4 is 28.2 Å². The molecule has 144 valence electrons. The fourth-order valence-corrected chi connectivity index (χ4v) is 4.19. The van der Waals surface area contributed by atoms with Crippen LogP contribution in [0.15, 0.2) is 60.8 Å². The van der Waals surface area contributed by atoms with Gasteiger partial charge in [0, 0.05) is 29.2 Å². The van der Waals surface area contributed by atoms with Crippen molar-refractivity contribution in [1.82, 2.24) is 4.98 Å². The van der Waals surface area contributed by atoms with Crippen LogP contribution in [0, 0.1) is 0 Å². The van der Waals surface area contributed by atoms with Crippen LogP contribution in [-0.2, 0) is 0 Å². The summed E-state index contributed by atoms with van der Waals surface area (Å²) in [5, 5.41) is 3.98. The van der Waals surface area contributed by atoms with Gasteiger partial charge in [0.15, 0.2) is 0 Å². The maximum atomic E-state index is 12.7. The third-order valence-corrected chi connectivity index (χ3v) is 5.67.